The van der Waals surface area contributed by atoms with E-state index in [9.17, 15) is 0 Å². The maximum atomic E-state index is 5.35. The van der Waals surface area contributed by atoms with Crippen LogP contribution in [0.25, 0.3) is 21.5 Å². The summed E-state index contributed by atoms with van der Waals surface area (Å²) in [6, 6.07) is 29.8. The standard InChI is InChI=1S/C15H12.C9H10O.C4H4S.C2H6.2CH4.CH3.Y/c1-11-10-12-6-2-3-8-14(12)15-9-5-4-7-13(11)15;1-7-2-3-9-8(6-7)4-5-10-9;1-2-4-5-3-1;1-2;;;;/h2-10H,1H3;2-3,6H,4-5H2,1H3;1-4H;1-2H3;2*1H4;1H3;/q;;;;;;-1;. The fourth-order valence-electron chi connectivity index (χ4n) is 3.78. The fourth-order valence-corrected chi connectivity index (χ4v) is 4.24. The molecule has 5 aromatic rings. The number of rotatable bonds is 0. The number of thiophene rings is 1. The summed E-state index contributed by atoms with van der Waals surface area (Å²) in [6.45, 7) is 9.14. The van der Waals surface area contributed by atoms with E-state index in [4.69, 9.17) is 4.74 Å². The third-order valence-electron chi connectivity index (χ3n) is 5.25. The zero-order chi connectivity index (χ0) is 22.8. The van der Waals surface area contributed by atoms with Gasteiger partial charge in [0.05, 0.1) is 6.61 Å². The SMILES string of the molecule is C.C.CC.Cc1cc2ccccc2c2ccccc12.Cc1ccc2c(c1)CCO2.[CH3-].[Y].c1ccsc1. The van der Waals surface area contributed by atoms with Crippen LogP contribution in [0.3, 0.4) is 0 Å². The van der Waals surface area contributed by atoms with Gasteiger partial charge < -0.3 is 12.2 Å². The molecular formula is C33H43OSY-. The van der Waals surface area contributed by atoms with Crippen molar-refractivity contribution in [2.75, 3.05) is 6.61 Å². The quantitative estimate of drug-likeness (QED) is 0.132. The largest absolute Gasteiger partial charge is 0.493 e. The molecule has 0 spiro atoms. The Morgan fingerprint density at radius 3 is 1.89 bits per heavy atom. The van der Waals surface area contributed by atoms with Gasteiger partial charge in [-0.15, -0.1) is 0 Å². The summed E-state index contributed by atoms with van der Waals surface area (Å²) in [5.41, 5.74) is 4.04. The van der Waals surface area contributed by atoms with Crippen molar-refractivity contribution in [3.63, 3.8) is 0 Å². The first-order valence-corrected chi connectivity index (χ1v) is 12.2. The Morgan fingerprint density at radius 2 is 1.28 bits per heavy atom. The summed E-state index contributed by atoms with van der Waals surface area (Å²) in [6.07, 6.45) is 1.08. The molecule has 6 rings (SSSR count). The summed E-state index contributed by atoms with van der Waals surface area (Å²) in [5.74, 6) is 1.07. The molecule has 0 fully saturated rings. The summed E-state index contributed by atoms with van der Waals surface area (Å²) in [5, 5.41) is 9.47. The molecule has 1 aliphatic heterocycles. The summed E-state index contributed by atoms with van der Waals surface area (Å²) < 4.78 is 5.35. The fraction of sp³-hybridized carbons (Fsp3) is 0.242. The van der Waals surface area contributed by atoms with E-state index >= 15 is 0 Å². The molecule has 0 saturated heterocycles. The molecular weight excluding hydrogens is 533 g/mol. The van der Waals surface area contributed by atoms with Crippen LogP contribution in [0.1, 0.15) is 45.4 Å². The number of benzene rings is 4. The van der Waals surface area contributed by atoms with Crippen molar-refractivity contribution >= 4 is 32.9 Å². The third-order valence-corrected chi connectivity index (χ3v) is 5.87. The van der Waals surface area contributed by atoms with Crippen molar-refractivity contribution < 1.29 is 37.4 Å². The van der Waals surface area contributed by atoms with Gasteiger partial charge in [-0.1, -0.05) is 113 Å². The normalized spacial score (nSPS) is 9.89. The molecule has 0 atom stereocenters. The smallest absolute Gasteiger partial charge is 0.122 e. The minimum absolute atomic E-state index is 0. The second kappa shape index (κ2) is 19.2. The van der Waals surface area contributed by atoms with Gasteiger partial charge in [0, 0.05) is 39.1 Å². The molecule has 0 saturated carbocycles. The van der Waals surface area contributed by atoms with Crippen LogP contribution in [0.15, 0.2) is 95.7 Å². The molecule has 1 nitrogen and oxygen atoms in total. The van der Waals surface area contributed by atoms with Crippen LogP contribution >= 0.6 is 11.3 Å². The molecule has 0 unspecified atom stereocenters. The van der Waals surface area contributed by atoms with Gasteiger partial charge in [-0.3, -0.25) is 0 Å². The van der Waals surface area contributed by atoms with Crippen LogP contribution in [-0.2, 0) is 39.1 Å². The van der Waals surface area contributed by atoms with E-state index in [1.165, 1.54) is 38.2 Å². The molecule has 2 heterocycles. The molecule has 0 bridgehead atoms. The van der Waals surface area contributed by atoms with Gasteiger partial charge in [0.1, 0.15) is 5.75 Å². The summed E-state index contributed by atoms with van der Waals surface area (Å²) in [4.78, 5) is 0. The number of fused-ring (bicyclic) bond motifs is 4. The summed E-state index contributed by atoms with van der Waals surface area (Å²) in [7, 11) is 0. The minimum atomic E-state index is 0. The van der Waals surface area contributed by atoms with Crippen molar-refractivity contribution in [1.29, 1.82) is 0 Å². The monoisotopic (exact) mass is 576 g/mol. The van der Waals surface area contributed by atoms with Gasteiger partial charge in [-0.25, -0.2) is 0 Å². The van der Waals surface area contributed by atoms with Gasteiger partial charge in [-0.05, 0) is 63.3 Å². The molecule has 3 heteroatoms. The van der Waals surface area contributed by atoms with E-state index in [2.05, 4.69) is 86.6 Å². The maximum absolute atomic E-state index is 5.35. The zero-order valence-corrected chi connectivity index (χ0v) is 24.7. The van der Waals surface area contributed by atoms with Gasteiger partial charge in [0.15, 0.2) is 0 Å². The van der Waals surface area contributed by atoms with Crippen molar-refractivity contribution in [2.24, 2.45) is 0 Å². The molecule has 0 aliphatic carbocycles. The molecule has 1 radical (unpaired) electrons. The van der Waals surface area contributed by atoms with Crippen molar-refractivity contribution in [2.45, 2.75) is 49.0 Å². The Balaban J connectivity index is 0. The van der Waals surface area contributed by atoms with Crippen LogP contribution in [0.5, 0.6) is 5.75 Å². The number of hydrogen-bond donors (Lipinski definition) is 0. The zero-order valence-electron chi connectivity index (χ0n) is 21.0. The van der Waals surface area contributed by atoms with E-state index < -0.39 is 0 Å². The van der Waals surface area contributed by atoms with Crippen LogP contribution < -0.4 is 4.74 Å². The molecule has 1 aromatic heterocycles. The summed E-state index contributed by atoms with van der Waals surface area (Å²) >= 11 is 1.71. The molecule has 0 N–H and O–H groups in total. The first kappa shape index (κ1) is 36.2. The van der Waals surface area contributed by atoms with Crippen LogP contribution in [0, 0.1) is 21.3 Å². The van der Waals surface area contributed by atoms with E-state index in [1.807, 2.05) is 36.7 Å². The molecule has 4 aromatic carbocycles. The van der Waals surface area contributed by atoms with E-state index in [0.29, 0.717) is 0 Å². The van der Waals surface area contributed by atoms with Crippen LogP contribution in [0.2, 0.25) is 0 Å². The number of hydrogen-bond acceptors (Lipinski definition) is 2. The third kappa shape index (κ3) is 9.81. The molecule has 36 heavy (non-hydrogen) atoms. The number of ether oxygens (including phenoxy) is 1. The van der Waals surface area contributed by atoms with E-state index in [1.54, 1.807) is 11.3 Å². The van der Waals surface area contributed by atoms with Gasteiger partial charge >= 0.3 is 0 Å². The molecule has 191 valence electrons. The van der Waals surface area contributed by atoms with Gasteiger partial charge in [0.25, 0.3) is 0 Å². The minimum Gasteiger partial charge on any atom is -0.493 e. The predicted octanol–water partition coefficient (Wildman–Crippen LogP) is 10.7. The number of aryl methyl sites for hydroxylation is 2. The Labute approximate surface area is 249 Å². The van der Waals surface area contributed by atoms with Crippen LogP contribution in [0.4, 0.5) is 0 Å². The van der Waals surface area contributed by atoms with Gasteiger partial charge in [-0.2, -0.15) is 11.3 Å². The maximum Gasteiger partial charge on any atom is 0.122 e. The Kier molecular flexibility index (Phi) is 19.2. The van der Waals surface area contributed by atoms with Crippen molar-refractivity contribution in [3.8, 4) is 5.75 Å². The van der Waals surface area contributed by atoms with Crippen molar-refractivity contribution in [1.82, 2.24) is 0 Å². The van der Waals surface area contributed by atoms with E-state index in [0.717, 1.165) is 18.8 Å². The Bertz CT molecular complexity index is 1230. The van der Waals surface area contributed by atoms with E-state index in [-0.39, 0.29) is 55.0 Å². The first-order valence-electron chi connectivity index (χ1n) is 11.3. The average molecular weight is 577 g/mol. The Hall–Kier alpha value is -2.00. The van der Waals surface area contributed by atoms with Crippen molar-refractivity contribution in [3.05, 3.63) is 120 Å². The molecule has 0 amide bonds. The molecule has 1 aliphatic rings. The first-order chi connectivity index (χ1) is 15.7. The van der Waals surface area contributed by atoms with Gasteiger partial charge in [0.2, 0.25) is 0 Å². The second-order valence-corrected chi connectivity index (χ2v) is 8.28. The topological polar surface area (TPSA) is 9.23 Å². The van der Waals surface area contributed by atoms with Crippen LogP contribution in [-0.4, -0.2) is 6.61 Å². The Morgan fingerprint density at radius 1 is 0.694 bits per heavy atom. The predicted molar refractivity (Wildman–Crippen MR) is 162 cm³/mol. The average Bonchev–Trinajstić information content (AvgIpc) is 3.56. The second-order valence-electron chi connectivity index (χ2n) is 7.46.